The lowest BCUT2D eigenvalue weighted by Crippen LogP contribution is -2.14. The summed E-state index contributed by atoms with van der Waals surface area (Å²) in [6.07, 6.45) is 3.44. The molecule has 4 rings (SSSR count). The molecule has 0 aliphatic heterocycles. The minimum Gasteiger partial charge on any atom is -0.495 e. The smallest absolute Gasteiger partial charge is 0.265 e. The zero-order chi connectivity index (χ0) is 21.1. The molecule has 0 radical (unpaired) electrons. The number of aromatic nitrogens is 2. The number of sulfonamides is 1. The number of rotatable bonds is 6. The van der Waals surface area contributed by atoms with E-state index in [9.17, 15) is 8.42 Å². The summed E-state index contributed by atoms with van der Waals surface area (Å²) < 4.78 is 33.6. The number of ether oxygens (including phenoxy) is 1. The second-order valence-electron chi connectivity index (χ2n) is 6.26. The summed E-state index contributed by atoms with van der Waals surface area (Å²) in [6.45, 7) is 0. The van der Waals surface area contributed by atoms with Gasteiger partial charge in [0.05, 0.1) is 12.8 Å². The van der Waals surface area contributed by atoms with Crippen molar-refractivity contribution in [1.29, 1.82) is 0 Å². The van der Waals surface area contributed by atoms with Crippen LogP contribution in [0.5, 0.6) is 5.75 Å². The number of anilines is 1. The summed E-state index contributed by atoms with van der Waals surface area (Å²) in [6, 6.07) is 15.3. The third-order valence-corrected chi connectivity index (χ3v) is 6.79. The molecular weight excluding hydrogens is 442 g/mol. The van der Waals surface area contributed by atoms with E-state index in [1.807, 2.05) is 23.6 Å². The lowest BCUT2D eigenvalue weighted by atomic mass is 10.1. The molecular formula is C21H16ClN3O3S2. The Morgan fingerprint density at radius 2 is 1.83 bits per heavy atom. The summed E-state index contributed by atoms with van der Waals surface area (Å²) in [7, 11) is -2.49. The van der Waals surface area contributed by atoms with Crippen LogP contribution in [-0.4, -0.2) is 25.5 Å². The standard InChI is InChI=1S/C21H16ClN3O3S2/c1-28-19-6-5-16(22)12-20(19)30(26,27)25-17-4-2-3-15(11-17)18-13-29-21(24-18)14-7-9-23-10-8-14/h2-13,25H,1H3. The Morgan fingerprint density at radius 1 is 1.03 bits per heavy atom. The van der Waals surface area contributed by atoms with Gasteiger partial charge in [-0.1, -0.05) is 23.7 Å². The van der Waals surface area contributed by atoms with Crippen molar-refractivity contribution >= 4 is 38.6 Å². The molecule has 0 atom stereocenters. The maximum atomic E-state index is 12.9. The van der Waals surface area contributed by atoms with Crippen LogP contribution < -0.4 is 9.46 Å². The van der Waals surface area contributed by atoms with Gasteiger partial charge < -0.3 is 4.74 Å². The van der Waals surface area contributed by atoms with Crippen molar-refractivity contribution in [2.75, 3.05) is 11.8 Å². The maximum Gasteiger partial charge on any atom is 0.265 e. The predicted molar refractivity (Wildman–Crippen MR) is 120 cm³/mol. The molecule has 0 bridgehead atoms. The average Bonchev–Trinajstić information content (AvgIpc) is 3.25. The number of nitrogens with one attached hydrogen (secondary N) is 1. The maximum absolute atomic E-state index is 12.9. The molecule has 0 saturated carbocycles. The largest absolute Gasteiger partial charge is 0.495 e. The number of pyridine rings is 1. The fraction of sp³-hybridized carbons (Fsp3) is 0.0476. The molecule has 0 fully saturated rings. The van der Waals surface area contributed by atoms with E-state index in [-0.39, 0.29) is 10.6 Å². The topological polar surface area (TPSA) is 81.2 Å². The van der Waals surface area contributed by atoms with Crippen molar-refractivity contribution in [2.24, 2.45) is 0 Å². The van der Waals surface area contributed by atoms with Crippen molar-refractivity contribution in [3.05, 3.63) is 77.4 Å². The molecule has 2 aromatic heterocycles. The molecule has 0 aliphatic carbocycles. The molecule has 9 heteroatoms. The minimum atomic E-state index is -3.90. The zero-order valence-corrected chi connectivity index (χ0v) is 18.1. The van der Waals surface area contributed by atoms with Gasteiger partial charge in [0.25, 0.3) is 10.0 Å². The van der Waals surface area contributed by atoms with Crippen LogP contribution in [0.15, 0.2) is 77.3 Å². The van der Waals surface area contributed by atoms with Crippen molar-refractivity contribution in [3.8, 4) is 27.6 Å². The highest BCUT2D eigenvalue weighted by molar-refractivity contribution is 7.92. The second kappa shape index (κ2) is 8.43. The van der Waals surface area contributed by atoms with Gasteiger partial charge in [-0.25, -0.2) is 13.4 Å². The molecule has 1 N–H and O–H groups in total. The summed E-state index contributed by atoms with van der Waals surface area (Å²) in [5.41, 5.74) is 2.94. The van der Waals surface area contributed by atoms with Crippen LogP contribution in [-0.2, 0) is 10.0 Å². The van der Waals surface area contributed by atoms with E-state index < -0.39 is 10.0 Å². The second-order valence-corrected chi connectivity index (χ2v) is 9.20. The predicted octanol–water partition coefficient (Wildman–Crippen LogP) is 5.33. The first-order valence-electron chi connectivity index (χ1n) is 8.79. The summed E-state index contributed by atoms with van der Waals surface area (Å²) >= 11 is 7.49. The van der Waals surface area contributed by atoms with E-state index in [0.29, 0.717) is 10.7 Å². The van der Waals surface area contributed by atoms with Gasteiger partial charge in [0.15, 0.2) is 0 Å². The van der Waals surface area contributed by atoms with Crippen LogP contribution in [0.25, 0.3) is 21.8 Å². The highest BCUT2D eigenvalue weighted by atomic mass is 35.5. The van der Waals surface area contributed by atoms with Crippen LogP contribution in [0.1, 0.15) is 0 Å². The lowest BCUT2D eigenvalue weighted by molar-refractivity contribution is 0.403. The summed E-state index contributed by atoms with van der Waals surface area (Å²) in [5, 5.41) is 3.10. The molecule has 0 amide bonds. The lowest BCUT2D eigenvalue weighted by Gasteiger charge is -2.12. The number of methoxy groups -OCH3 is 1. The van der Waals surface area contributed by atoms with Crippen LogP contribution in [0.2, 0.25) is 5.02 Å². The van der Waals surface area contributed by atoms with E-state index >= 15 is 0 Å². The Labute approximate surface area is 183 Å². The normalized spacial score (nSPS) is 11.3. The Bertz CT molecular complexity index is 1290. The van der Waals surface area contributed by atoms with Crippen LogP contribution >= 0.6 is 22.9 Å². The highest BCUT2D eigenvalue weighted by Crippen LogP contribution is 2.32. The van der Waals surface area contributed by atoms with Gasteiger partial charge in [-0.15, -0.1) is 11.3 Å². The first-order chi connectivity index (χ1) is 14.5. The Hall–Kier alpha value is -2.94. The SMILES string of the molecule is COc1ccc(Cl)cc1S(=O)(=O)Nc1cccc(-c2csc(-c3ccncc3)n2)c1. The van der Waals surface area contributed by atoms with E-state index in [1.54, 1.807) is 36.7 Å². The fourth-order valence-electron chi connectivity index (χ4n) is 2.85. The monoisotopic (exact) mass is 457 g/mol. The molecule has 4 aromatic rings. The van der Waals surface area contributed by atoms with Crippen molar-refractivity contribution < 1.29 is 13.2 Å². The van der Waals surface area contributed by atoms with Gasteiger partial charge in [-0.3, -0.25) is 9.71 Å². The number of benzene rings is 2. The molecule has 0 spiro atoms. The van der Waals surface area contributed by atoms with Crippen molar-refractivity contribution in [3.63, 3.8) is 0 Å². The number of hydrogen-bond donors (Lipinski definition) is 1. The number of halogens is 1. The van der Waals surface area contributed by atoms with Crippen molar-refractivity contribution in [1.82, 2.24) is 9.97 Å². The van der Waals surface area contributed by atoms with E-state index in [0.717, 1.165) is 21.8 Å². The van der Waals surface area contributed by atoms with Crippen LogP contribution in [0.3, 0.4) is 0 Å². The number of hydrogen-bond acceptors (Lipinski definition) is 6. The molecule has 0 unspecified atom stereocenters. The van der Waals surface area contributed by atoms with Gasteiger partial charge in [0, 0.05) is 39.6 Å². The molecule has 30 heavy (non-hydrogen) atoms. The number of nitrogens with zero attached hydrogens (tertiary/aromatic N) is 2. The third kappa shape index (κ3) is 4.30. The Morgan fingerprint density at radius 3 is 2.60 bits per heavy atom. The fourth-order valence-corrected chi connectivity index (χ4v) is 5.16. The van der Waals surface area contributed by atoms with E-state index in [4.69, 9.17) is 16.3 Å². The molecule has 152 valence electrons. The molecule has 0 saturated heterocycles. The van der Waals surface area contributed by atoms with E-state index in [2.05, 4.69) is 14.7 Å². The molecule has 0 aliphatic rings. The average molecular weight is 458 g/mol. The Balaban J connectivity index is 1.63. The van der Waals surface area contributed by atoms with Gasteiger partial charge in [-0.2, -0.15) is 0 Å². The van der Waals surface area contributed by atoms with Gasteiger partial charge in [0.2, 0.25) is 0 Å². The van der Waals surface area contributed by atoms with Crippen LogP contribution in [0, 0.1) is 0 Å². The summed E-state index contributed by atoms with van der Waals surface area (Å²) in [5.74, 6) is 0.213. The van der Waals surface area contributed by atoms with E-state index in [1.165, 1.54) is 30.6 Å². The third-order valence-electron chi connectivity index (χ3n) is 4.26. The first-order valence-corrected chi connectivity index (χ1v) is 11.5. The van der Waals surface area contributed by atoms with Gasteiger partial charge in [-0.05, 0) is 42.5 Å². The Kier molecular flexibility index (Phi) is 5.72. The van der Waals surface area contributed by atoms with Gasteiger partial charge in [0.1, 0.15) is 15.7 Å². The first kappa shape index (κ1) is 20.3. The molecule has 2 aromatic carbocycles. The molecule has 6 nitrogen and oxygen atoms in total. The zero-order valence-electron chi connectivity index (χ0n) is 15.7. The molecule has 2 heterocycles. The quantitative estimate of drug-likeness (QED) is 0.423. The highest BCUT2D eigenvalue weighted by Gasteiger charge is 2.20. The van der Waals surface area contributed by atoms with Crippen molar-refractivity contribution in [2.45, 2.75) is 4.90 Å². The summed E-state index contributed by atoms with van der Waals surface area (Å²) in [4.78, 5) is 8.65. The van der Waals surface area contributed by atoms with Gasteiger partial charge >= 0.3 is 0 Å². The number of thiazole rings is 1. The minimum absolute atomic E-state index is 0.0310. The van der Waals surface area contributed by atoms with Crippen LogP contribution in [0.4, 0.5) is 5.69 Å².